The van der Waals surface area contributed by atoms with E-state index in [0.717, 1.165) is 60.9 Å². The molecule has 0 saturated carbocycles. The van der Waals surface area contributed by atoms with Crippen LogP contribution >= 0.6 is 23.2 Å². The van der Waals surface area contributed by atoms with E-state index in [1.54, 1.807) is 16.8 Å². The third-order valence-electron chi connectivity index (χ3n) is 10.3. The fraction of sp³-hybridized carbons (Fsp3) is 0.289. The first-order valence-electron chi connectivity index (χ1n) is 16.3. The van der Waals surface area contributed by atoms with E-state index < -0.39 is 11.5 Å². The lowest BCUT2D eigenvalue weighted by molar-refractivity contribution is 0.0698. The highest BCUT2D eigenvalue weighted by Crippen LogP contribution is 2.53. The summed E-state index contributed by atoms with van der Waals surface area (Å²) in [5.41, 5.74) is 8.92. The molecule has 11 heteroatoms. The first-order valence-corrected chi connectivity index (χ1v) is 17.0. The summed E-state index contributed by atoms with van der Waals surface area (Å²) in [4.78, 5) is 29.1. The Morgan fingerprint density at radius 1 is 1.02 bits per heavy atom. The number of carboxylic acids is 1. The summed E-state index contributed by atoms with van der Waals surface area (Å²) in [6.45, 7) is 8.85. The smallest absolute Gasteiger partial charge is 0.337 e. The Morgan fingerprint density at radius 2 is 1.76 bits per heavy atom. The van der Waals surface area contributed by atoms with Crippen LogP contribution in [0.5, 0.6) is 5.75 Å². The van der Waals surface area contributed by atoms with Crippen LogP contribution in [0, 0.1) is 20.8 Å². The summed E-state index contributed by atoms with van der Waals surface area (Å²) in [6.07, 6.45) is 2.86. The van der Waals surface area contributed by atoms with Crippen molar-refractivity contribution in [2.75, 3.05) is 18.1 Å². The van der Waals surface area contributed by atoms with Gasteiger partial charge in [0.05, 0.1) is 51.8 Å². The molecule has 0 saturated heterocycles. The molecule has 5 heterocycles. The van der Waals surface area contributed by atoms with Gasteiger partial charge < -0.3 is 23.9 Å². The Kier molecular flexibility index (Phi) is 7.01. The number of benzene rings is 3. The molecule has 2 aliphatic rings. The normalized spacial score (nSPS) is 16.6. The molecule has 3 aromatic heterocycles. The van der Waals surface area contributed by atoms with Gasteiger partial charge >= 0.3 is 5.97 Å². The molecule has 1 amide bonds. The van der Waals surface area contributed by atoms with E-state index in [0.29, 0.717) is 53.3 Å². The van der Waals surface area contributed by atoms with Crippen molar-refractivity contribution in [3.8, 4) is 16.9 Å². The zero-order valence-electron chi connectivity index (χ0n) is 28.1. The van der Waals surface area contributed by atoms with Crippen molar-refractivity contribution < 1.29 is 19.4 Å². The molecular weight excluding hydrogens is 661 g/mol. The van der Waals surface area contributed by atoms with Crippen molar-refractivity contribution in [3.05, 3.63) is 98.0 Å². The van der Waals surface area contributed by atoms with Crippen molar-refractivity contribution in [2.24, 2.45) is 14.1 Å². The van der Waals surface area contributed by atoms with E-state index in [1.807, 2.05) is 80.8 Å². The number of ether oxygens (including phenoxy) is 1. The largest absolute Gasteiger partial charge is 0.494 e. The van der Waals surface area contributed by atoms with Crippen LogP contribution < -0.4 is 9.64 Å². The molecule has 3 aromatic carbocycles. The fourth-order valence-electron chi connectivity index (χ4n) is 8.42. The minimum absolute atomic E-state index is 0.150. The maximum absolute atomic E-state index is 15.1. The van der Waals surface area contributed by atoms with Gasteiger partial charge in [-0.25, -0.2) is 4.79 Å². The summed E-state index contributed by atoms with van der Waals surface area (Å²) in [6, 6.07) is 13.4. The van der Waals surface area contributed by atoms with Crippen LogP contribution in [0.1, 0.15) is 62.3 Å². The first-order chi connectivity index (χ1) is 23.3. The van der Waals surface area contributed by atoms with Crippen LogP contribution in [0.25, 0.3) is 32.9 Å². The zero-order chi connectivity index (χ0) is 34.7. The lowest BCUT2D eigenvalue weighted by Crippen LogP contribution is -2.55. The Labute approximate surface area is 293 Å². The molecular formula is C38H35Cl2N5O4. The number of fused-ring (bicyclic) bond motifs is 4. The predicted octanol–water partition coefficient (Wildman–Crippen LogP) is 8.21. The van der Waals surface area contributed by atoms with E-state index in [4.69, 9.17) is 33.0 Å². The number of hydrogen-bond donors (Lipinski definition) is 1. The number of rotatable bonds is 7. The summed E-state index contributed by atoms with van der Waals surface area (Å²) < 4.78 is 12.1. The van der Waals surface area contributed by atoms with Crippen LogP contribution in [-0.4, -0.2) is 49.0 Å². The van der Waals surface area contributed by atoms with Crippen LogP contribution in [0.4, 0.5) is 5.69 Å². The number of amides is 1. The quantitative estimate of drug-likeness (QED) is 0.170. The number of nitrogens with zero attached hydrogens (tertiary/aromatic N) is 5. The summed E-state index contributed by atoms with van der Waals surface area (Å²) in [5, 5.41) is 17.7. The van der Waals surface area contributed by atoms with E-state index >= 15 is 4.79 Å². The Hall–Kier alpha value is -4.73. The lowest BCUT2D eigenvalue weighted by atomic mass is 9.83. The number of halogens is 2. The van der Waals surface area contributed by atoms with E-state index in [1.165, 1.54) is 0 Å². The summed E-state index contributed by atoms with van der Waals surface area (Å²) in [5.74, 6) is -0.400. The standard InChI is InChI=1S/C38H35Cl2N5O4/c1-19-15-22(16-20(2)31(19)40)49-14-8-10-23-25-12-13-27(39)30-29-21(3)41-43(6)35(29)38(4)18-44(36(46)34(23)45(38)33(25)30)28-11-7-9-24-26(37(47)48)17-42(5)32(24)28/h7,9,11-13,15-17H,8,10,14,18H2,1-6H3,(H,47,48)/t38-/m1/s1. The van der Waals surface area contributed by atoms with Gasteiger partial charge in [-0.3, -0.25) is 9.48 Å². The molecule has 2 aliphatic heterocycles. The van der Waals surface area contributed by atoms with Crippen LogP contribution in [0.3, 0.4) is 0 Å². The number of carbonyl (C=O) groups excluding carboxylic acids is 1. The number of carboxylic acid groups (broad SMARTS) is 1. The molecule has 0 aliphatic carbocycles. The molecule has 9 nitrogen and oxygen atoms in total. The van der Waals surface area contributed by atoms with Crippen molar-refractivity contribution in [1.29, 1.82) is 0 Å². The molecule has 0 spiro atoms. The average Bonchev–Trinajstić information content (AvgIpc) is 3.69. The van der Waals surface area contributed by atoms with Crippen molar-refractivity contribution in [1.82, 2.24) is 18.9 Å². The molecule has 250 valence electrons. The summed E-state index contributed by atoms with van der Waals surface area (Å²) in [7, 11) is 3.76. The van der Waals surface area contributed by atoms with Gasteiger partial charge in [-0.05, 0) is 81.5 Å². The Balaban J connectivity index is 1.31. The van der Waals surface area contributed by atoms with Crippen LogP contribution in [0.2, 0.25) is 10.0 Å². The van der Waals surface area contributed by atoms with Crippen molar-refractivity contribution in [3.63, 3.8) is 0 Å². The molecule has 0 bridgehead atoms. The van der Waals surface area contributed by atoms with Gasteiger partial charge in [-0.1, -0.05) is 41.4 Å². The van der Waals surface area contributed by atoms with Gasteiger partial charge in [0.15, 0.2) is 0 Å². The van der Waals surface area contributed by atoms with Gasteiger partial charge in [0, 0.05) is 47.2 Å². The van der Waals surface area contributed by atoms with E-state index in [9.17, 15) is 9.90 Å². The number of aryl methyl sites for hydroxylation is 6. The molecule has 1 atom stereocenters. The second-order valence-electron chi connectivity index (χ2n) is 13.5. The van der Waals surface area contributed by atoms with E-state index in [-0.39, 0.29) is 11.5 Å². The number of anilines is 1. The van der Waals surface area contributed by atoms with E-state index in [2.05, 4.69) is 11.5 Å². The number of aromatic nitrogens is 4. The molecule has 0 fully saturated rings. The van der Waals surface area contributed by atoms with Gasteiger partial charge in [-0.15, -0.1) is 0 Å². The van der Waals surface area contributed by atoms with Gasteiger partial charge in [0.25, 0.3) is 5.91 Å². The second-order valence-corrected chi connectivity index (χ2v) is 14.3. The highest BCUT2D eigenvalue weighted by molar-refractivity contribution is 6.35. The molecule has 49 heavy (non-hydrogen) atoms. The molecule has 0 radical (unpaired) electrons. The monoisotopic (exact) mass is 695 g/mol. The topological polar surface area (TPSA) is 94.5 Å². The van der Waals surface area contributed by atoms with Gasteiger partial charge in [0.1, 0.15) is 17.0 Å². The van der Waals surface area contributed by atoms with Crippen LogP contribution in [-0.2, 0) is 26.1 Å². The molecule has 0 unspecified atom stereocenters. The van der Waals surface area contributed by atoms with Crippen molar-refractivity contribution >= 4 is 62.6 Å². The maximum Gasteiger partial charge on any atom is 0.337 e. The molecule has 8 rings (SSSR count). The molecule has 6 aromatic rings. The Morgan fingerprint density at radius 3 is 2.47 bits per heavy atom. The zero-order valence-corrected chi connectivity index (χ0v) is 29.6. The predicted molar refractivity (Wildman–Crippen MR) is 193 cm³/mol. The average molecular weight is 697 g/mol. The fourth-order valence-corrected chi connectivity index (χ4v) is 8.77. The minimum atomic E-state index is -1.01. The minimum Gasteiger partial charge on any atom is -0.494 e. The van der Waals surface area contributed by atoms with Gasteiger partial charge in [-0.2, -0.15) is 5.10 Å². The number of hydrogen-bond acceptors (Lipinski definition) is 4. The third-order valence-corrected chi connectivity index (χ3v) is 11.2. The van der Waals surface area contributed by atoms with Crippen molar-refractivity contribution in [2.45, 2.75) is 46.1 Å². The summed E-state index contributed by atoms with van der Waals surface area (Å²) >= 11 is 13.4. The first kappa shape index (κ1) is 31.5. The lowest BCUT2D eigenvalue weighted by Gasteiger charge is -2.45. The van der Waals surface area contributed by atoms with Crippen LogP contribution in [0.15, 0.2) is 48.7 Å². The molecule has 1 N–H and O–H groups in total. The highest BCUT2D eigenvalue weighted by Gasteiger charge is 2.51. The number of para-hydroxylation sites is 1. The SMILES string of the molecule is Cc1cc(OCCCc2c3n4c5c(c(Cl)ccc25)-c2c(C)nn(C)c2[C@@]4(C)CN(c2cccc4c(C(=O)O)cn(C)c24)C3=O)cc(C)c1Cl. The van der Waals surface area contributed by atoms with Gasteiger partial charge in [0.2, 0.25) is 0 Å². The number of carbonyl (C=O) groups is 2. The highest BCUT2D eigenvalue weighted by atomic mass is 35.5. The number of aromatic carboxylic acids is 1. The maximum atomic E-state index is 15.1. The second kappa shape index (κ2) is 10.9. The Bertz CT molecular complexity index is 2410. The third kappa shape index (κ3) is 4.34.